The fourth-order valence-corrected chi connectivity index (χ4v) is 2.32. The van der Waals surface area contributed by atoms with Crippen LogP contribution in [0.4, 0.5) is 0 Å². The molecule has 0 amide bonds. The van der Waals surface area contributed by atoms with Crippen LogP contribution < -0.4 is 5.32 Å². The van der Waals surface area contributed by atoms with E-state index < -0.39 is 0 Å². The minimum Gasteiger partial charge on any atom is -0.386 e. The fraction of sp³-hybridized carbons (Fsp3) is 0.400. The second-order valence-corrected chi connectivity index (χ2v) is 4.95. The molecule has 0 radical (unpaired) electrons. The van der Waals surface area contributed by atoms with Crippen molar-refractivity contribution in [3.63, 3.8) is 0 Å². The molecule has 0 aromatic heterocycles. The zero-order chi connectivity index (χ0) is 12.3. The van der Waals surface area contributed by atoms with Crippen LogP contribution in [0.15, 0.2) is 42.1 Å². The van der Waals surface area contributed by atoms with Gasteiger partial charge in [-0.15, -0.1) is 0 Å². The summed E-state index contributed by atoms with van der Waals surface area (Å²) < 4.78 is 0. The molecule has 1 aromatic carbocycles. The van der Waals surface area contributed by atoms with E-state index in [1.807, 2.05) is 18.2 Å². The van der Waals surface area contributed by atoms with Crippen LogP contribution >= 0.6 is 0 Å². The highest BCUT2D eigenvalue weighted by atomic mass is 16.1. The molecule has 1 aliphatic rings. The lowest BCUT2D eigenvalue weighted by molar-refractivity contribution is -0.115. The number of carbonyl (C=O) groups excluding carboxylic acids is 1. The summed E-state index contributed by atoms with van der Waals surface area (Å²) in [5.74, 6) is 0.559. The Kier molecular flexibility index (Phi) is 3.62. The van der Waals surface area contributed by atoms with Crippen LogP contribution in [-0.2, 0) is 4.79 Å². The Balaban J connectivity index is 2.13. The Bertz CT molecular complexity index is 420. The molecule has 1 aliphatic carbocycles. The minimum atomic E-state index is 0.230. The van der Waals surface area contributed by atoms with E-state index in [0.717, 1.165) is 12.1 Å². The molecule has 17 heavy (non-hydrogen) atoms. The maximum absolute atomic E-state index is 11.7. The lowest BCUT2D eigenvalue weighted by atomic mass is 9.85. The molecule has 0 bridgehead atoms. The number of benzene rings is 1. The zero-order valence-corrected chi connectivity index (χ0v) is 10.4. The van der Waals surface area contributed by atoms with E-state index in [-0.39, 0.29) is 5.78 Å². The molecule has 0 fully saturated rings. The van der Waals surface area contributed by atoms with E-state index in [0.29, 0.717) is 18.4 Å². The predicted molar refractivity (Wildman–Crippen MR) is 69.8 cm³/mol. The largest absolute Gasteiger partial charge is 0.386 e. The van der Waals surface area contributed by atoms with E-state index >= 15 is 0 Å². The molecule has 0 spiro atoms. The van der Waals surface area contributed by atoms with Gasteiger partial charge in [0.2, 0.25) is 0 Å². The summed E-state index contributed by atoms with van der Waals surface area (Å²) in [6.07, 6.45) is 3.33. The first-order valence-corrected chi connectivity index (χ1v) is 6.20. The van der Waals surface area contributed by atoms with Crippen molar-refractivity contribution >= 4 is 5.78 Å². The standard InChI is InChI=1S/C15H19NO/c1-11(2)16-14-8-13(9-15(17)10-14)12-6-4-3-5-7-12/h3-7,10-11,13,16H,8-9H2,1-2H3/t13-/m1/s1. The zero-order valence-electron chi connectivity index (χ0n) is 10.4. The maximum atomic E-state index is 11.7. The predicted octanol–water partition coefficient (Wildman–Crippen LogP) is 3.02. The van der Waals surface area contributed by atoms with E-state index in [9.17, 15) is 4.79 Å². The molecular formula is C15H19NO. The number of allylic oxidation sites excluding steroid dienone is 2. The van der Waals surface area contributed by atoms with E-state index in [1.165, 1.54) is 5.56 Å². The summed E-state index contributed by atoms with van der Waals surface area (Å²) in [4.78, 5) is 11.7. The van der Waals surface area contributed by atoms with Crippen molar-refractivity contribution in [1.29, 1.82) is 0 Å². The van der Waals surface area contributed by atoms with Crippen molar-refractivity contribution in [3.8, 4) is 0 Å². The number of hydrogen-bond acceptors (Lipinski definition) is 2. The van der Waals surface area contributed by atoms with Crippen LogP contribution in [0.1, 0.15) is 38.2 Å². The third-order valence-corrected chi connectivity index (χ3v) is 2.99. The molecule has 1 N–H and O–H groups in total. The third-order valence-electron chi connectivity index (χ3n) is 2.99. The molecule has 2 rings (SSSR count). The van der Waals surface area contributed by atoms with Crippen molar-refractivity contribution in [3.05, 3.63) is 47.7 Å². The monoisotopic (exact) mass is 229 g/mol. The summed E-state index contributed by atoms with van der Waals surface area (Å²) in [6, 6.07) is 10.7. The van der Waals surface area contributed by atoms with Gasteiger partial charge in [-0.25, -0.2) is 0 Å². The molecule has 0 saturated carbocycles. The Morgan fingerprint density at radius 1 is 1.18 bits per heavy atom. The van der Waals surface area contributed by atoms with E-state index in [1.54, 1.807) is 6.08 Å². The molecule has 0 saturated heterocycles. The Hall–Kier alpha value is -1.57. The van der Waals surface area contributed by atoms with Crippen molar-refractivity contribution in [2.24, 2.45) is 0 Å². The molecule has 90 valence electrons. The highest BCUT2D eigenvalue weighted by Gasteiger charge is 2.22. The minimum absolute atomic E-state index is 0.230. The highest BCUT2D eigenvalue weighted by Crippen LogP contribution is 2.30. The molecular weight excluding hydrogens is 210 g/mol. The Labute approximate surface area is 103 Å². The van der Waals surface area contributed by atoms with Gasteiger partial charge in [0.15, 0.2) is 5.78 Å². The Morgan fingerprint density at radius 3 is 2.53 bits per heavy atom. The molecule has 1 atom stereocenters. The van der Waals surface area contributed by atoms with E-state index in [4.69, 9.17) is 0 Å². The molecule has 2 nitrogen and oxygen atoms in total. The summed E-state index contributed by atoms with van der Waals surface area (Å²) in [5, 5.41) is 3.35. The number of rotatable bonds is 3. The quantitative estimate of drug-likeness (QED) is 0.863. The summed E-state index contributed by atoms with van der Waals surface area (Å²) >= 11 is 0. The summed E-state index contributed by atoms with van der Waals surface area (Å²) in [7, 11) is 0. The van der Waals surface area contributed by atoms with Gasteiger partial charge in [-0.05, 0) is 31.7 Å². The van der Waals surface area contributed by atoms with Crippen molar-refractivity contribution < 1.29 is 4.79 Å². The normalized spacial score (nSPS) is 20.3. The van der Waals surface area contributed by atoms with Crippen LogP contribution in [0.5, 0.6) is 0 Å². The van der Waals surface area contributed by atoms with Crippen LogP contribution in [0.3, 0.4) is 0 Å². The van der Waals surface area contributed by atoms with Crippen molar-refractivity contribution in [2.45, 2.75) is 38.6 Å². The highest BCUT2D eigenvalue weighted by molar-refractivity contribution is 5.91. The second-order valence-electron chi connectivity index (χ2n) is 4.95. The van der Waals surface area contributed by atoms with Crippen LogP contribution in [0.25, 0.3) is 0 Å². The smallest absolute Gasteiger partial charge is 0.158 e. The number of ketones is 1. The van der Waals surface area contributed by atoms with Gasteiger partial charge in [-0.3, -0.25) is 4.79 Å². The third kappa shape index (κ3) is 3.19. The average molecular weight is 229 g/mol. The van der Waals surface area contributed by atoms with Gasteiger partial charge in [0.25, 0.3) is 0 Å². The number of hydrogen-bond donors (Lipinski definition) is 1. The summed E-state index contributed by atoms with van der Waals surface area (Å²) in [5.41, 5.74) is 2.34. The van der Waals surface area contributed by atoms with Gasteiger partial charge in [-0.2, -0.15) is 0 Å². The lowest BCUT2D eigenvalue weighted by Crippen LogP contribution is -2.27. The van der Waals surface area contributed by atoms with Gasteiger partial charge in [-0.1, -0.05) is 30.3 Å². The SMILES string of the molecule is CC(C)NC1=CC(=O)C[C@H](c2ccccc2)C1. The summed E-state index contributed by atoms with van der Waals surface area (Å²) in [6.45, 7) is 4.19. The molecule has 0 unspecified atom stereocenters. The fourth-order valence-electron chi connectivity index (χ4n) is 2.32. The van der Waals surface area contributed by atoms with Crippen molar-refractivity contribution in [2.75, 3.05) is 0 Å². The first-order valence-electron chi connectivity index (χ1n) is 6.20. The lowest BCUT2D eigenvalue weighted by Gasteiger charge is -2.24. The Morgan fingerprint density at radius 2 is 1.88 bits per heavy atom. The van der Waals surface area contributed by atoms with Crippen molar-refractivity contribution in [1.82, 2.24) is 5.32 Å². The maximum Gasteiger partial charge on any atom is 0.158 e. The first kappa shape index (κ1) is 11.9. The first-order chi connectivity index (χ1) is 8.15. The average Bonchev–Trinajstić information content (AvgIpc) is 2.28. The van der Waals surface area contributed by atoms with Crippen LogP contribution in [-0.4, -0.2) is 11.8 Å². The van der Waals surface area contributed by atoms with Gasteiger partial charge in [0.1, 0.15) is 0 Å². The number of carbonyl (C=O) groups is 1. The van der Waals surface area contributed by atoms with Crippen LogP contribution in [0.2, 0.25) is 0 Å². The van der Waals surface area contributed by atoms with E-state index in [2.05, 4.69) is 31.3 Å². The molecule has 1 aromatic rings. The number of nitrogens with one attached hydrogen (secondary N) is 1. The van der Waals surface area contributed by atoms with Crippen LogP contribution in [0, 0.1) is 0 Å². The van der Waals surface area contributed by atoms with Gasteiger partial charge in [0, 0.05) is 24.2 Å². The van der Waals surface area contributed by atoms with Gasteiger partial charge < -0.3 is 5.32 Å². The van der Waals surface area contributed by atoms with Gasteiger partial charge in [0.05, 0.1) is 0 Å². The molecule has 2 heteroatoms. The second kappa shape index (κ2) is 5.17. The van der Waals surface area contributed by atoms with Gasteiger partial charge >= 0.3 is 0 Å². The topological polar surface area (TPSA) is 29.1 Å². The molecule has 0 aliphatic heterocycles. The molecule has 0 heterocycles.